The van der Waals surface area contributed by atoms with Gasteiger partial charge in [0, 0.05) is 6.04 Å². The minimum atomic E-state index is -0.0889. The Morgan fingerprint density at radius 2 is 2.00 bits per heavy atom. The standard InChI is InChI=1S/C18H18N2O/c1-13-9-16-10-14(11-19)7-8-17(16)18(21-12-20-13)15-5-3-2-4-6-15/h2-8,10,13,18,20H,9,12H2,1H3. The van der Waals surface area contributed by atoms with Crippen LogP contribution >= 0.6 is 0 Å². The highest BCUT2D eigenvalue weighted by atomic mass is 16.5. The molecule has 0 bridgehead atoms. The minimum absolute atomic E-state index is 0.0889. The number of hydrogen-bond donors (Lipinski definition) is 1. The molecule has 0 aromatic heterocycles. The molecule has 3 nitrogen and oxygen atoms in total. The van der Waals surface area contributed by atoms with E-state index in [9.17, 15) is 0 Å². The zero-order chi connectivity index (χ0) is 14.7. The topological polar surface area (TPSA) is 45.0 Å². The third kappa shape index (κ3) is 2.97. The van der Waals surface area contributed by atoms with Crippen molar-refractivity contribution in [1.82, 2.24) is 5.32 Å². The first-order valence-corrected chi connectivity index (χ1v) is 7.21. The van der Waals surface area contributed by atoms with Crippen molar-refractivity contribution in [3.63, 3.8) is 0 Å². The van der Waals surface area contributed by atoms with E-state index < -0.39 is 0 Å². The smallest absolute Gasteiger partial charge is 0.110 e. The third-order valence-electron chi connectivity index (χ3n) is 3.86. The van der Waals surface area contributed by atoms with Gasteiger partial charge in [0.05, 0.1) is 18.4 Å². The van der Waals surface area contributed by atoms with Gasteiger partial charge in [0.1, 0.15) is 6.10 Å². The van der Waals surface area contributed by atoms with E-state index in [0.717, 1.165) is 17.5 Å². The SMILES string of the molecule is CC1Cc2cc(C#N)ccc2C(c2ccccc2)OCN1. The molecular formula is C18H18N2O. The maximum absolute atomic E-state index is 9.12. The Hall–Kier alpha value is -2.15. The summed E-state index contributed by atoms with van der Waals surface area (Å²) in [5.74, 6) is 0. The van der Waals surface area contributed by atoms with Crippen molar-refractivity contribution in [3.05, 3.63) is 70.8 Å². The average molecular weight is 278 g/mol. The van der Waals surface area contributed by atoms with Gasteiger partial charge in [-0.1, -0.05) is 36.4 Å². The molecule has 0 saturated heterocycles. The van der Waals surface area contributed by atoms with E-state index in [4.69, 9.17) is 10.00 Å². The molecule has 0 fully saturated rings. The van der Waals surface area contributed by atoms with Gasteiger partial charge in [0.15, 0.2) is 0 Å². The second-order valence-electron chi connectivity index (χ2n) is 5.44. The number of rotatable bonds is 1. The largest absolute Gasteiger partial charge is 0.354 e. The van der Waals surface area contributed by atoms with Crippen LogP contribution in [0.1, 0.15) is 35.3 Å². The molecule has 0 aliphatic carbocycles. The molecule has 1 N–H and O–H groups in total. The first-order valence-electron chi connectivity index (χ1n) is 7.21. The number of nitrogens with one attached hydrogen (secondary N) is 1. The molecule has 0 spiro atoms. The van der Waals surface area contributed by atoms with E-state index in [1.807, 2.05) is 36.4 Å². The van der Waals surface area contributed by atoms with Gasteiger partial charge in [-0.25, -0.2) is 0 Å². The fourth-order valence-corrected chi connectivity index (χ4v) is 2.78. The van der Waals surface area contributed by atoms with E-state index in [-0.39, 0.29) is 6.10 Å². The molecule has 2 atom stereocenters. The molecular weight excluding hydrogens is 260 g/mol. The lowest BCUT2D eigenvalue weighted by atomic mass is 9.91. The van der Waals surface area contributed by atoms with Crippen molar-refractivity contribution >= 4 is 0 Å². The lowest BCUT2D eigenvalue weighted by Gasteiger charge is -2.27. The quantitative estimate of drug-likeness (QED) is 0.871. The highest BCUT2D eigenvalue weighted by Crippen LogP contribution is 2.31. The van der Waals surface area contributed by atoms with E-state index in [1.54, 1.807) is 0 Å². The Labute approximate surface area is 125 Å². The van der Waals surface area contributed by atoms with Gasteiger partial charge in [0.2, 0.25) is 0 Å². The van der Waals surface area contributed by atoms with E-state index in [2.05, 4.69) is 30.4 Å². The van der Waals surface area contributed by atoms with Crippen molar-refractivity contribution in [2.45, 2.75) is 25.5 Å². The van der Waals surface area contributed by atoms with Crippen LogP contribution in [-0.4, -0.2) is 12.8 Å². The minimum Gasteiger partial charge on any atom is -0.354 e. The number of nitriles is 1. The van der Waals surface area contributed by atoms with Crippen LogP contribution in [0.2, 0.25) is 0 Å². The summed E-state index contributed by atoms with van der Waals surface area (Å²) in [5, 5.41) is 12.5. The van der Waals surface area contributed by atoms with Crippen LogP contribution in [0.4, 0.5) is 0 Å². The maximum atomic E-state index is 9.12. The van der Waals surface area contributed by atoms with Crippen molar-refractivity contribution < 1.29 is 4.74 Å². The van der Waals surface area contributed by atoms with Crippen LogP contribution in [0.15, 0.2) is 48.5 Å². The number of fused-ring (bicyclic) bond motifs is 1. The van der Waals surface area contributed by atoms with Gasteiger partial charge in [-0.3, -0.25) is 5.32 Å². The molecule has 1 aliphatic heterocycles. The Morgan fingerprint density at radius 3 is 2.76 bits per heavy atom. The predicted octanol–water partition coefficient (Wildman–Crippen LogP) is 3.16. The van der Waals surface area contributed by atoms with Crippen molar-refractivity contribution in [2.75, 3.05) is 6.73 Å². The van der Waals surface area contributed by atoms with Gasteiger partial charge in [0.25, 0.3) is 0 Å². The molecule has 0 amide bonds. The molecule has 2 unspecified atom stereocenters. The zero-order valence-electron chi connectivity index (χ0n) is 12.0. The molecule has 3 rings (SSSR count). The number of ether oxygens (including phenoxy) is 1. The summed E-state index contributed by atoms with van der Waals surface area (Å²) in [5.41, 5.74) is 4.18. The summed E-state index contributed by atoms with van der Waals surface area (Å²) in [4.78, 5) is 0. The second kappa shape index (κ2) is 6.09. The van der Waals surface area contributed by atoms with E-state index in [0.29, 0.717) is 18.3 Å². The lowest BCUT2D eigenvalue weighted by Crippen LogP contribution is -2.34. The molecule has 106 valence electrons. The van der Waals surface area contributed by atoms with Gasteiger partial charge < -0.3 is 4.74 Å². The Kier molecular flexibility index (Phi) is 4.01. The first-order chi connectivity index (χ1) is 10.3. The third-order valence-corrected chi connectivity index (χ3v) is 3.86. The first kappa shape index (κ1) is 13.8. The number of nitrogens with zero attached hydrogens (tertiary/aromatic N) is 1. The maximum Gasteiger partial charge on any atom is 0.110 e. The van der Waals surface area contributed by atoms with Gasteiger partial charge in [-0.05, 0) is 42.2 Å². The van der Waals surface area contributed by atoms with Crippen LogP contribution in [-0.2, 0) is 11.2 Å². The fraction of sp³-hybridized carbons (Fsp3) is 0.278. The summed E-state index contributed by atoms with van der Waals surface area (Å²) in [6.45, 7) is 2.66. The summed E-state index contributed by atoms with van der Waals surface area (Å²) in [7, 11) is 0. The average Bonchev–Trinajstić information content (AvgIpc) is 2.51. The van der Waals surface area contributed by atoms with Crippen molar-refractivity contribution in [3.8, 4) is 6.07 Å². The lowest BCUT2D eigenvalue weighted by molar-refractivity contribution is 0.0553. The zero-order valence-corrected chi connectivity index (χ0v) is 12.0. The fourth-order valence-electron chi connectivity index (χ4n) is 2.78. The molecule has 1 aliphatic rings. The Balaban J connectivity index is 2.08. The molecule has 2 aromatic rings. The molecule has 1 heterocycles. The molecule has 2 aromatic carbocycles. The van der Waals surface area contributed by atoms with Gasteiger partial charge in [-0.2, -0.15) is 5.26 Å². The Morgan fingerprint density at radius 1 is 1.19 bits per heavy atom. The van der Waals surface area contributed by atoms with Crippen LogP contribution in [0.3, 0.4) is 0 Å². The summed E-state index contributed by atoms with van der Waals surface area (Å²) in [6, 6.07) is 18.7. The van der Waals surface area contributed by atoms with Crippen LogP contribution in [0.25, 0.3) is 0 Å². The molecule has 3 heteroatoms. The van der Waals surface area contributed by atoms with E-state index >= 15 is 0 Å². The predicted molar refractivity (Wildman–Crippen MR) is 81.7 cm³/mol. The van der Waals surface area contributed by atoms with Crippen LogP contribution in [0.5, 0.6) is 0 Å². The van der Waals surface area contributed by atoms with Crippen LogP contribution < -0.4 is 5.32 Å². The molecule has 0 saturated carbocycles. The monoisotopic (exact) mass is 278 g/mol. The summed E-state index contributed by atoms with van der Waals surface area (Å²) < 4.78 is 6.05. The van der Waals surface area contributed by atoms with Crippen LogP contribution in [0, 0.1) is 11.3 Å². The summed E-state index contributed by atoms with van der Waals surface area (Å²) >= 11 is 0. The second-order valence-corrected chi connectivity index (χ2v) is 5.44. The normalized spacial score (nSPS) is 21.7. The number of hydrogen-bond acceptors (Lipinski definition) is 3. The Bertz CT molecular complexity index is 661. The van der Waals surface area contributed by atoms with Gasteiger partial charge in [-0.15, -0.1) is 0 Å². The highest BCUT2D eigenvalue weighted by molar-refractivity contribution is 5.43. The van der Waals surface area contributed by atoms with Crippen molar-refractivity contribution in [2.24, 2.45) is 0 Å². The van der Waals surface area contributed by atoms with Gasteiger partial charge >= 0.3 is 0 Å². The molecule has 0 radical (unpaired) electrons. The molecule has 21 heavy (non-hydrogen) atoms. The highest BCUT2D eigenvalue weighted by Gasteiger charge is 2.22. The van der Waals surface area contributed by atoms with Crippen molar-refractivity contribution in [1.29, 1.82) is 5.26 Å². The van der Waals surface area contributed by atoms with E-state index in [1.165, 1.54) is 5.56 Å². The summed E-state index contributed by atoms with van der Waals surface area (Å²) in [6.07, 6.45) is 0.811. The number of benzene rings is 2.